The molecule has 174 valence electrons. The number of carbonyl (C=O) groups excluding carboxylic acids is 2. The molecular weight excluding hydrogens is 428 g/mol. The highest BCUT2D eigenvalue weighted by molar-refractivity contribution is 7.22. The summed E-state index contributed by atoms with van der Waals surface area (Å²) in [5.41, 5.74) is 0.184. The Labute approximate surface area is 191 Å². The number of anilines is 1. The summed E-state index contributed by atoms with van der Waals surface area (Å²) in [6, 6.07) is 0. The van der Waals surface area contributed by atoms with Gasteiger partial charge in [-0.05, 0) is 38.5 Å². The summed E-state index contributed by atoms with van der Waals surface area (Å²) in [6.45, 7) is 5.92. The van der Waals surface area contributed by atoms with E-state index < -0.39 is 0 Å². The zero-order chi connectivity index (χ0) is 22.5. The number of piperidine rings is 2. The van der Waals surface area contributed by atoms with Crippen molar-refractivity contribution in [2.75, 3.05) is 37.6 Å². The van der Waals surface area contributed by atoms with Crippen LogP contribution in [0, 0.1) is 5.92 Å². The van der Waals surface area contributed by atoms with E-state index in [1.807, 2.05) is 4.90 Å². The number of hydrogen-bond acceptors (Lipinski definition) is 7. The zero-order valence-corrected chi connectivity index (χ0v) is 19.5. The monoisotopic (exact) mass is 460 g/mol. The van der Waals surface area contributed by atoms with Crippen LogP contribution in [0.3, 0.4) is 0 Å². The van der Waals surface area contributed by atoms with Gasteiger partial charge in [0.15, 0.2) is 10.8 Å². The van der Waals surface area contributed by atoms with E-state index in [0.29, 0.717) is 22.8 Å². The Bertz CT molecular complexity index is 1000. The van der Waals surface area contributed by atoms with Crippen LogP contribution in [0.25, 0.3) is 10.3 Å². The number of unbranched alkanes of at least 4 members (excludes halogenated alkanes) is 1. The summed E-state index contributed by atoms with van der Waals surface area (Å²) < 4.78 is 1.81. The van der Waals surface area contributed by atoms with E-state index in [9.17, 15) is 14.4 Å². The van der Waals surface area contributed by atoms with E-state index in [0.717, 1.165) is 69.8 Å². The molecule has 0 radical (unpaired) electrons. The van der Waals surface area contributed by atoms with Gasteiger partial charge in [-0.1, -0.05) is 24.7 Å². The van der Waals surface area contributed by atoms with Gasteiger partial charge >= 0.3 is 0 Å². The highest BCUT2D eigenvalue weighted by Crippen LogP contribution is 2.30. The molecule has 32 heavy (non-hydrogen) atoms. The fourth-order valence-corrected chi connectivity index (χ4v) is 5.41. The molecule has 0 aliphatic carbocycles. The van der Waals surface area contributed by atoms with Gasteiger partial charge in [0.05, 0.1) is 0 Å². The van der Waals surface area contributed by atoms with Crippen molar-refractivity contribution in [2.45, 2.75) is 58.4 Å². The van der Waals surface area contributed by atoms with Gasteiger partial charge in [-0.15, -0.1) is 0 Å². The van der Waals surface area contributed by atoms with E-state index in [1.54, 1.807) is 0 Å². The highest BCUT2D eigenvalue weighted by atomic mass is 32.1. The lowest BCUT2D eigenvalue weighted by atomic mass is 9.94. The molecule has 2 amide bonds. The molecule has 0 spiro atoms. The molecule has 0 aromatic carbocycles. The number of thiazole rings is 1. The number of amides is 2. The smallest absolute Gasteiger partial charge is 0.273 e. The molecule has 4 rings (SSSR count). The van der Waals surface area contributed by atoms with Crippen molar-refractivity contribution < 1.29 is 9.59 Å². The largest absolute Gasteiger partial charge is 0.355 e. The quantitative estimate of drug-likeness (QED) is 0.635. The molecule has 2 saturated heterocycles. The van der Waals surface area contributed by atoms with Crippen LogP contribution in [0.1, 0.15) is 51.9 Å². The maximum Gasteiger partial charge on any atom is 0.273 e. The van der Waals surface area contributed by atoms with Crippen LogP contribution in [0.4, 0.5) is 5.13 Å². The van der Waals surface area contributed by atoms with Crippen molar-refractivity contribution in [3.63, 3.8) is 0 Å². The van der Waals surface area contributed by atoms with Gasteiger partial charge in [0, 0.05) is 38.6 Å². The van der Waals surface area contributed by atoms with E-state index in [-0.39, 0.29) is 23.9 Å². The first-order valence-electron chi connectivity index (χ1n) is 11.7. The van der Waals surface area contributed by atoms with Gasteiger partial charge in [0.2, 0.25) is 11.8 Å². The second-order valence-corrected chi connectivity index (χ2v) is 9.66. The molecule has 2 aliphatic rings. The van der Waals surface area contributed by atoms with Gasteiger partial charge < -0.3 is 15.1 Å². The van der Waals surface area contributed by atoms with Gasteiger partial charge in [0.25, 0.3) is 5.56 Å². The van der Waals surface area contributed by atoms with Crippen LogP contribution in [-0.2, 0) is 16.1 Å². The third kappa shape index (κ3) is 5.11. The van der Waals surface area contributed by atoms with Crippen molar-refractivity contribution in [2.24, 2.45) is 5.92 Å². The fourth-order valence-electron chi connectivity index (χ4n) is 4.39. The lowest BCUT2D eigenvalue weighted by Crippen LogP contribution is -2.44. The van der Waals surface area contributed by atoms with Gasteiger partial charge in [-0.25, -0.2) is 4.98 Å². The number of likely N-dealkylation sites (tertiary alicyclic amines) is 1. The number of nitrogens with zero attached hydrogens (tertiary/aromatic N) is 5. The Kier molecular flexibility index (Phi) is 7.39. The summed E-state index contributed by atoms with van der Waals surface area (Å²) in [7, 11) is 0. The Hall–Kier alpha value is -2.49. The predicted octanol–water partition coefficient (Wildman–Crippen LogP) is 2.00. The number of carbonyl (C=O) groups is 2. The molecule has 2 aromatic rings. The van der Waals surface area contributed by atoms with Gasteiger partial charge in [0.1, 0.15) is 17.6 Å². The second kappa shape index (κ2) is 10.4. The summed E-state index contributed by atoms with van der Waals surface area (Å²) in [5, 5.41) is 3.59. The summed E-state index contributed by atoms with van der Waals surface area (Å²) >= 11 is 1.32. The molecule has 0 saturated carbocycles. The number of nitrogens with one attached hydrogen (secondary N) is 1. The van der Waals surface area contributed by atoms with E-state index >= 15 is 0 Å². The van der Waals surface area contributed by atoms with E-state index in [4.69, 9.17) is 0 Å². The second-order valence-electron chi connectivity index (χ2n) is 8.68. The molecule has 2 aromatic heterocycles. The maximum absolute atomic E-state index is 12.9. The third-order valence-electron chi connectivity index (χ3n) is 6.32. The normalized spacial score (nSPS) is 17.7. The number of fused-ring (bicyclic) bond motifs is 1. The molecule has 10 heteroatoms. The average molecular weight is 461 g/mol. The van der Waals surface area contributed by atoms with Gasteiger partial charge in [-0.2, -0.15) is 4.98 Å². The first-order valence-corrected chi connectivity index (χ1v) is 12.5. The third-order valence-corrected chi connectivity index (χ3v) is 7.41. The van der Waals surface area contributed by atoms with Crippen LogP contribution in [0.15, 0.2) is 11.1 Å². The summed E-state index contributed by atoms with van der Waals surface area (Å²) in [5.74, 6) is 0.197. The maximum atomic E-state index is 12.9. The molecule has 0 atom stereocenters. The van der Waals surface area contributed by atoms with Crippen molar-refractivity contribution >= 4 is 38.6 Å². The van der Waals surface area contributed by atoms with Gasteiger partial charge in [-0.3, -0.25) is 19.0 Å². The van der Waals surface area contributed by atoms with Crippen molar-refractivity contribution in [1.29, 1.82) is 0 Å². The standard InChI is InChI=1S/C22H32N6O3S/c1-2-3-9-23-17(29)14-28-15-24-19-18(21(28)31)32-22(25-19)27-12-7-16(8-13-27)20(30)26-10-5-4-6-11-26/h15-16H,2-14H2,1H3,(H,23,29). The van der Waals surface area contributed by atoms with Crippen LogP contribution < -0.4 is 15.8 Å². The zero-order valence-electron chi connectivity index (χ0n) is 18.7. The Morgan fingerprint density at radius 1 is 1.16 bits per heavy atom. The molecule has 4 heterocycles. The highest BCUT2D eigenvalue weighted by Gasteiger charge is 2.30. The molecule has 2 aliphatic heterocycles. The molecular formula is C22H32N6O3S. The number of aromatic nitrogens is 3. The predicted molar refractivity (Wildman–Crippen MR) is 125 cm³/mol. The van der Waals surface area contributed by atoms with Crippen molar-refractivity contribution in [1.82, 2.24) is 24.8 Å². The molecule has 2 fully saturated rings. The summed E-state index contributed by atoms with van der Waals surface area (Å²) in [4.78, 5) is 50.8. The minimum atomic E-state index is -0.237. The number of rotatable bonds is 7. The number of hydrogen-bond donors (Lipinski definition) is 1. The topological polar surface area (TPSA) is 100 Å². The molecule has 0 unspecified atom stereocenters. The first-order chi connectivity index (χ1) is 15.6. The Balaban J connectivity index is 1.39. The fraction of sp³-hybridized carbons (Fsp3) is 0.682. The Morgan fingerprint density at radius 2 is 1.91 bits per heavy atom. The van der Waals surface area contributed by atoms with Crippen molar-refractivity contribution in [3.05, 3.63) is 16.7 Å². The van der Waals surface area contributed by atoms with Crippen LogP contribution in [0.5, 0.6) is 0 Å². The molecule has 1 N–H and O–H groups in total. The minimum Gasteiger partial charge on any atom is -0.355 e. The average Bonchev–Trinajstić information content (AvgIpc) is 3.27. The SMILES string of the molecule is CCCCNC(=O)Cn1cnc2nc(N3CCC(C(=O)N4CCCCC4)CC3)sc2c1=O. The minimum absolute atomic E-state index is 0.0390. The van der Waals surface area contributed by atoms with Crippen LogP contribution in [-0.4, -0.2) is 64.0 Å². The summed E-state index contributed by atoms with van der Waals surface area (Å²) in [6.07, 6.45) is 8.37. The van der Waals surface area contributed by atoms with Crippen LogP contribution in [0.2, 0.25) is 0 Å². The lowest BCUT2D eigenvalue weighted by molar-refractivity contribution is -0.137. The molecule has 0 bridgehead atoms. The Morgan fingerprint density at radius 3 is 2.62 bits per heavy atom. The van der Waals surface area contributed by atoms with E-state index in [2.05, 4.69) is 27.1 Å². The van der Waals surface area contributed by atoms with Crippen molar-refractivity contribution in [3.8, 4) is 0 Å². The van der Waals surface area contributed by atoms with E-state index in [1.165, 1.54) is 28.7 Å². The molecule has 9 nitrogen and oxygen atoms in total. The first kappa shape index (κ1) is 22.7. The lowest BCUT2D eigenvalue weighted by Gasteiger charge is -2.35. The van der Waals surface area contributed by atoms with Crippen LogP contribution >= 0.6 is 11.3 Å².